The van der Waals surface area contributed by atoms with Crippen LogP contribution in [0.25, 0.3) is 0 Å². The maximum Gasteiger partial charge on any atom is 0.237 e. The van der Waals surface area contributed by atoms with Gasteiger partial charge in [0.2, 0.25) is 11.8 Å². The van der Waals surface area contributed by atoms with E-state index in [4.69, 9.17) is 0 Å². The van der Waals surface area contributed by atoms with Crippen molar-refractivity contribution in [2.75, 3.05) is 19.6 Å². The molecule has 0 rings (SSSR count). The molecule has 0 aliphatic carbocycles. The number of amides is 2. The first-order valence-electron chi connectivity index (χ1n) is 13.8. The van der Waals surface area contributed by atoms with Gasteiger partial charge in [-0.05, 0) is 58.0 Å². The van der Waals surface area contributed by atoms with Crippen LogP contribution in [0.4, 0.5) is 0 Å². The first kappa shape index (κ1) is 32.5. The number of hydrogen-bond acceptors (Lipinski definition) is 5. The summed E-state index contributed by atoms with van der Waals surface area (Å²) in [5, 5.41) is 12.7. The maximum atomic E-state index is 13.0. The van der Waals surface area contributed by atoms with Crippen molar-refractivity contribution in [3.8, 4) is 0 Å². The van der Waals surface area contributed by atoms with Crippen molar-refractivity contribution in [3.63, 3.8) is 0 Å². The molecule has 34 heavy (non-hydrogen) atoms. The van der Waals surface area contributed by atoms with Crippen LogP contribution >= 0.6 is 0 Å². The van der Waals surface area contributed by atoms with Gasteiger partial charge in [-0.15, -0.1) is 0 Å². The second-order valence-electron chi connectivity index (χ2n) is 9.99. The lowest BCUT2D eigenvalue weighted by Crippen LogP contribution is -2.51. The van der Waals surface area contributed by atoms with Gasteiger partial charge in [-0.3, -0.25) is 14.4 Å². The van der Waals surface area contributed by atoms with E-state index in [-0.39, 0.29) is 29.6 Å². The maximum absolute atomic E-state index is 13.0. The number of hydrogen-bond donors (Lipinski definition) is 4. The number of rotatable bonds is 22. The zero-order valence-corrected chi connectivity index (χ0v) is 22.9. The fraction of sp³-hybridized carbons (Fsp3) is 0.889. The molecular formula is C27H54N4O3. The summed E-state index contributed by atoms with van der Waals surface area (Å²) in [4.78, 5) is 37.6. The molecule has 0 heterocycles. The molecule has 0 bridgehead atoms. The Kier molecular flexibility index (Phi) is 20.0. The Labute approximate surface area is 209 Å². The molecule has 0 aromatic heterocycles. The summed E-state index contributed by atoms with van der Waals surface area (Å²) in [6, 6.07) is -0.299. The van der Waals surface area contributed by atoms with Crippen LogP contribution in [0.15, 0.2) is 0 Å². The summed E-state index contributed by atoms with van der Waals surface area (Å²) in [6.07, 6.45) is 9.93. The Morgan fingerprint density at radius 1 is 0.706 bits per heavy atom. The molecule has 0 aromatic rings. The molecule has 2 unspecified atom stereocenters. The molecule has 200 valence electrons. The number of likely N-dealkylation sites (N-methyl/N-ethyl adjacent to an activating group) is 1. The van der Waals surface area contributed by atoms with Gasteiger partial charge in [0, 0.05) is 24.9 Å². The third-order valence-electron chi connectivity index (χ3n) is 5.97. The van der Waals surface area contributed by atoms with Gasteiger partial charge in [0.1, 0.15) is 0 Å². The van der Waals surface area contributed by atoms with Gasteiger partial charge < -0.3 is 21.3 Å². The van der Waals surface area contributed by atoms with Gasteiger partial charge >= 0.3 is 0 Å². The minimum Gasteiger partial charge on any atom is -0.356 e. The summed E-state index contributed by atoms with van der Waals surface area (Å²) < 4.78 is 0. The van der Waals surface area contributed by atoms with E-state index in [9.17, 15) is 14.4 Å². The fourth-order valence-corrected chi connectivity index (χ4v) is 3.90. The van der Waals surface area contributed by atoms with Gasteiger partial charge in [0.05, 0.1) is 12.1 Å². The van der Waals surface area contributed by atoms with Crippen LogP contribution in [-0.2, 0) is 14.4 Å². The Morgan fingerprint density at radius 2 is 1.35 bits per heavy atom. The van der Waals surface area contributed by atoms with Crippen molar-refractivity contribution in [2.24, 2.45) is 5.92 Å². The highest BCUT2D eigenvalue weighted by molar-refractivity contribution is 5.91. The summed E-state index contributed by atoms with van der Waals surface area (Å²) >= 11 is 0. The molecule has 0 fully saturated rings. The van der Waals surface area contributed by atoms with Crippen LogP contribution in [0.1, 0.15) is 112 Å². The molecule has 7 heteroatoms. The molecule has 0 aliphatic rings. The molecule has 7 nitrogen and oxygen atoms in total. The van der Waals surface area contributed by atoms with Crippen molar-refractivity contribution in [1.29, 1.82) is 0 Å². The third kappa shape index (κ3) is 17.0. The summed E-state index contributed by atoms with van der Waals surface area (Å²) in [5.41, 5.74) is 0. The smallest absolute Gasteiger partial charge is 0.237 e. The second-order valence-corrected chi connectivity index (χ2v) is 9.99. The Bertz CT molecular complexity index is 552. The largest absolute Gasteiger partial charge is 0.356 e. The number of nitrogens with one attached hydrogen (secondary N) is 4. The average Bonchev–Trinajstić information content (AvgIpc) is 2.79. The van der Waals surface area contributed by atoms with Crippen molar-refractivity contribution in [2.45, 2.75) is 130 Å². The Morgan fingerprint density at radius 3 is 1.94 bits per heavy atom. The van der Waals surface area contributed by atoms with Crippen LogP contribution in [0.3, 0.4) is 0 Å². The Balaban J connectivity index is 4.49. The van der Waals surface area contributed by atoms with E-state index >= 15 is 0 Å². The lowest BCUT2D eigenvalue weighted by molar-refractivity contribution is -0.130. The summed E-state index contributed by atoms with van der Waals surface area (Å²) in [7, 11) is 0. The van der Waals surface area contributed by atoms with Crippen LogP contribution in [0.5, 0.6) is 0 Å². The first-order chi connectivity index (χ1) is 16.2. The fourth-order valence-electron chi connectivity index (χ4n) is 3.90. The van der Waals surface area contributed by atoms with Crippen LogP contribution in [-0.4, -0.2) is 55.4 Å². The van der Waals surface area contributed by atoms with Crippen molar-refractivity contribution >= 4 is 17.6 Å². The van der Waals surface area contributed by atoms with E-state index in [1.807, 2.05) is 20.8 Å². The van der Waals surface area contributed by atoms with Gasteiger partial charge in [-0.25, -0.2) is 0 Å². The molecular weight excluding hydrogens is 428 g/mol. The van der Waals surface area contributed by atoms with Crippen LogP contribution in [0.2, 0.25) is 0 Å². The quantitative estimate of drug-likeness (QED) is 0.174. The van der Waals surface area contributed by atoms with E-state index in [2.05, 4.69) is 42.0 Å². The van der Waals surface area contributed by atoms with Crippen LogP contribution in [0, 0.1) is 5.92 Å². The number of carbonyl (C=O) groups is 3. The zero-order chi connectivity index (χ0) is 25.8. The highest BCUT2D eigenvalue weighted by Gasteiger charge is 2.26. The van der Waals surface area contributed by atoms with Crippen molar-refractivity contribution in [1.82, 2.24) is 21.3 Å². The monoisotopic (exact) mass is 482 g/mol. The van der Waals surface area contributed by atoms with Crippen molar-refractivity contribution < 1.29 is 14.4 Å². The van der Waals surface area contributed by atoms with E-state index in [1.54, 1.807) is 0 Å². The van der Waals surface area contributed by atoms with Crippen molar-refractivity contribution in [3.05, 3.63) is 0 Å². The molecule has 0 saturated carbocycles. The first-order valence-corrected chi connectivity index (χ1v) is 13.8. The van der Waals surface area contributed by atoms with Gasteiger partial charge in [0.15, 0.2) is 5.78 Å². The molecule has 0 spiro atoms. The van der Waals surface area contributed by atoms with E-state index in [0.717, 1.165) is 45.1 Å². The number of unbranched alkanes of at least 4 members (excludes halogenated alkanes) is 5. The molecule has 4 N–H and O–H groups in total. The lowest BCUT2D eigenvalue weighted by Gasteiger charge is -2.24. The molecule has 0 aliphatic heterocycles. The number of carbonyl (C=O) groups excluding carboxylic acids is 3. The third-order valence-corrected chi connectivity index (χ3v) is 5.97. The SMILES string of the molecule is CCCCCCC(=O)NCCCCC(NCC)C(=O)NC(CCCCNC(C)C)C(=O)C(C)C. The topological polar surface area (TPSA) is 99.3 Å². The highest BCUT2D eigenvalue weighted by atomic mass is 16.2. The number of Topliss-reactive ketones (excluding diaryl/α,β-unsaturated/α-hetero) is 1. The second kappa shape index (κ2) is 20.9. The summed E-state index contributed by atoms with van der Waals surface area (Å²) in [5.74, 6) is 0.0150. The summed E-state index contributed by atoms with van der Waals surface area (Å²) in [6.45, 7) is 14.4. The van der Waals surface area contributed by atoms with E-state index in [0.29, 0.717) is 38.4 Å². The highest BCUT2D eigenvalue weighted by Crippen LogP contribution is 2.10. The predicted octanol–water partition coefficient (Wildman–Crippen LogP) is 4.10. The molecule has 0 radical (unpaired) electrons. The molecule has 2 atom stereocenters. The molecule has 2 amide bonds. The number of ketones is 1. The molecule has 0 saturated heterocycles. The van der Waals surface area contributed by atoms with Crippen LogP contribution < -0.4 is 21.3 Å². The van der Waals surface area contributed by atoms with E-state index < -0.39 is 6.04 Å². The lowest BCUT2D eigenvalue weighted by atomic mass is 9.96. The molecule has 0 aromatic carbocycles. The Hall–Kier alpha value is -1.47. The normalized spacial score (nSPS) is 13.2. The van der Waals surface area contributed by atoms with Gasteiger partial charge in [-0.1, -0.05) is 60.8 Å². The minimum atomic E-state index is -0.431. The standard InChI is InChI=1S/C27H54N4O3/c1-7-9-10-11-18-25(32)30-20-15-13-17-24(28-8-2)27(34)31-23(26(33)21(3)4)16-12-14-19-29-22(5)6/h21-24,28-29H,7-20H2,1-6H3,(H,30,32)(H,31,34). The predicted molar refractivity (Wildman–Crippen MR) is 142 cm³/mol. The van der Waals surface area contributed by atoms with E-state index in [1.165, 1.54) is 12.8 Å². The minimum absolute atomic E-state index is 0.0962. The van der Waals surface area contributed by atoms with Gasteiger partial charge in [0.25, 0.3) is 0 Å². The average molecular weight is 483 g/mol. The van der Waals surface area contributed by atoms with Gasteiger partial charge in [-0.2, -0.15) is 0 Å². The zero-order valence-electron chi connectivity index (χ0n) is 22.9.